The van der Waals surface area contributed by atoms with Gasteiger partial charge in [-0.1, -0.05) is 6.07 Å². The van der Waals surface area contributed by atoms with Gasteiger partial charge in [-0.05, 0) is 12.1 Å². The summed E-state index contributed by atoms with van der Waals surface area (Å²) in [7, 11) is 0. The van der Waals surface area contributed by atoms with Crippen LogP contribution in [0.1, 0.15) is 0 Å². The van der Waals surface area contributed by atoms with Gasteiger partial charge < -0.3 is 9.64 Å². The molecule has 0 unspecified atom stereocenters. The Kier molecular flexibility index (Phi) is 3.29. The maximum absolute atomic E-state index is 13.7. The summed E-state index contributed by atoms with van der Waals surface area (Å²) < 4.78 is 18.9. The number of rotatable bonds is 2. The van der Waals surface area contributed by atoms with Crippen molar-refractivity contribution in [3.8, 4) is 0 Å². The molecular formula is C11H11FN2O2. The molecule has 4 nitrogen and oxygen atoms in total. The number of nitrogens with zero attached hydrogens (tertiary/aromatic N) is 2. The van der Waals surface area contributed by atoms with Crippen molar-refractivity contribution in [1.82, 2.24) is 0 Å². The van der Waals surface area contributed by atoms with Gasteiger partial charge in [-0.2, -0.15) is 4.99 Å². The van der Waals surface area contributed by atoms with E-state index in [-0.39, 0.29) is 5.82 Å². The van der Waals surface area contributed by atoms with E-state index >= 15 is 0 Å². The molecule has 1 aliphatic heterocycles. The van der Waals surface area contributed by atoms with Gasteiger partial charge in [-0.15, -0.1) is 0 Å². The highest BCUT2D eigenvalue weighted by atomic mass is 19.1. The third-order valence-corrected chi connectivity index (χ3v) is 2.46. The van der Waals surface area contributed by atoms with E-state index in [9.17, 15) is 9.18 Å². The van der Waals surface area contributed by atoms with E-state index in [0.29, 0.717) is 37.7 Å². The molecule has 0 aromatic heterocycles. The third kappa shape index (κ3) is 2.10. The van der Waals surface area contributed by atoms with Gasteiger partial charge in [-0.3, -0.25) is 0 Å². The number of isocyanates is 1. The molecule has 84 valence electrons. The van der Waals surface area contributed by atoms with Crippen LogP contribution in [0.3, 0.4) is 0 Å². The summed E-state index contributed by atoms with van der Waals surface area (Å²) in [4.78, 5) is 15.6. The highest BCUT2D eigenvalue weighted by molar-refractivity contribution is 5.70. The van der Waals surface area contributed by atoms with Crippen LogP contribution in [0.15, 0.2) is 23.2 Å². The molecule has 2 rings (SSSR count). The quantitative estimate of drug-likeness (QED) is 0.564. The number of para-hydroxylation sites is 1. The van der Waals surface area contributed by atoms with E-state index in [2.05, 4.69) is 4.99 Å². The minimum absolute atomic E-state index is 0.317. The first kappa shape index (κ1) is 10.8. The number of halogens is 1. The van der Waals surface area contributed by atoms with E-state index in [1.54, 1.807) is 6.07 Å². The Hall–Kier alpha value is -1.71. The average Bonchev–Trinajstić information content (AvgIpc) is 2.31. The van der Waals surface area contributed by atoms with E-state index in [4.69, 9.17) is 4.74 Å². The van der Waals surface area contributed by atoms with E-state index < -0.39 is 0 Å². The van der Waals surface area contributed by atoms with Crippen molar-refractivity contribution in [3.05, 3.63) is 24.0 Å². The van der Waals surface area contributed by atoms with Crippen LogP contribution in [0.4, 0.5) is 15.8 Å². The Morgan fingerprint density at radius 1 is 1.38 bits per heavy atom. The molecule has 1 heterocycles. The molecule has 1 fully saturated rings. The minimum atomic E-state index is -0.376. The van der Waals surface area contributed by atoms with Gasteiger partial charge in [0, 0.05) is 13.1 Å². The Morgan fingerprint density at radius 2 is 2.12 bits per heavy atom. The predicted molar refractivity (Wildman–Crippen MR) is 57.2 cm³/mol. The van der Waals surface area contributed by atoms with Crippen LogP contribution in [0.5, 0.6) is 0 Å². The van der Waals surface area contributed by atoms with Crippen molar-refractivity contribution in [2.24, 2.45) is 4.99 Å². The second kappa shape index (κ2) is 4.88. The van der Waals surface area contributed by atoms with E-state index in [1.807, 2.05) is 4.90 Å². The molecule has 0 radical (unpaired) electrons. The van der Waals surface area contributed by atoms with Crippen molar-refractivity contribution < 1.29 is 13.9 Å². The lowest BCUT2D eigenvalue weighted by Gasteiger charge is -2.29. The van der Waals surface area contributed by atoms with Crippen LogP contribution >= 0.6 is 0 Å². The summed E-state index contributed by atoms with van der Waals surface area (Å²) >= 11 is 0. The molecule has 1 aromatic rings. The molecular weight excluding hydrogens is 211 g/mol. The summed E-state index contributed by atoms with van der Waals surface area (Å²) in [6.45, 7) is 2.31. The van der Waals surface area contributed by atoms with Gasteiger partial charge in [0.25, 0.3) is 0 Å². The third-order valence-electron chi connectivity index (χ3n) is 2.46. The van der Waals surface area contributed by atoms with Crippen LogP contribution in [0.25, 0.3) is 0 Å². The summed E-state index contributed by atoms with van der Waals surface area (Å²) in [5.41, 5.74) is 0.672. The molecule has 0 amide bonds. The molecule has 5 heteroatoms. The average molecular weight is 222 g/mol. The summed E-state index contributed by atoms with van der Waals surface area (Å²) in [5.74, 6) is -0.376. The molecule has 1 saturated heterocycles. The fraction of sp³-hybridized carbons (Fsp3) is 0.364. The van der Waals surface area contributed by atoms with E-state index in [1.165, 1.54) is 18.2 Å². The van der Waals surface area contributed by atoms with Crippen LogP contribution < -0.4 is 4.90 Å². The zero-order valence-corrected chi connectivity index (χ0v) is 8.65. The molecule has 0 atom stereocenters. The monoisotopic (exact) mass is 222 g/mol. The SMILES string of the molecule is O=C=Nc1cccc(F)c1N1CCOCC1. The maximum Gasteiger partial charge on any atom is 0.240 e. The normalized spacial score (nSPS) is 15.7. The van der Waals surface area contributed by atoms with Crippen LogP contribution in [0, 0.1) is 5.82 Å². The molecule has 16 heavy (non-hydrogen) atoms. The molecule has 0 bridgehead atoms. The first-order chi connectivity index (χ1) is 7.83. The molecule has 0 N–H and O–H groups in total. The van der Waals surface area contributed by atoms with Gasteiger partial charge >= 0.3 is 0 Å². The second-order valence-corrected chi connectivity index (χ2v) is 3.41. The molecule has 0 aliphatic carbocycles. The number of benzene rings is 1. The van der Waals surface area contributed by atoms with Crippen LogP contribution in [0.2, 0.25) is 0 Å². The Bertz CT molecular complexity index is 424. The lowest BCUT2D eigenvalue weighted by atomic mass is 10.2. The summed E-state index contributed by atoms with van der Waals surface area (Å²) in [6.07, 6.45) is 1.44. The number of hydrogen-bond donors (Lipinski definition) is 0. The molecule has 1 aliphatic rings. The van der Waals surface area contributed by atoms with Crippen molar-refractivity contribution in [3.63, 3.8) is 0 Å². The van der Waals surface area contributed by atoms with Crippen molar-refractivity contribution in [1.29, 1.82) is 0 Å². The number of carbonyl (C=O) groups excluding carboxylic acids is 1. The first-order valence-electron chi connectivity index (χ1n) is 5.02. The fourth-order valence-corrected chi connectivity index (χ4v) is 1.74. The van der Waals surface area contributed by atoms with Crippen molar-refractivity contribution >= 4 is 17.5 Å². The topological polar surface area (TPSA) is 41.9 Å². The first-order valence-corrected chi connectivity index (χ1v) is 5.02. The molecule has 0 spiro atoms. The van der Waals surface area contributed by atoms with Gasteiger partial charge in [0.1, 0.15) is 17.2 Å². The Labute approximate surface area is 92.3 Å². The Morgan fingerprint density at radius 3 is 2.81 bits per heavy atom. The zero-order valence-electron chi connectivity index (χ0n) is 8.65. The standard InChI is InChI=1S/C11H11FN2O2/c12-9-2-1-3-10(13-8-15)11(9)14-4-6-16-7-5-14/h1-3H,4-7H2. The van der Waals surface area contributed by atoms with Crippen LogP contribution in [-0.4, -0.2) is 32.4 Å². The molecule has 1 aromatic carbocycles. The number of anilines is 1. The largest absolute Gasteiger partial charge is 0.378 e. The second-order valence-electron chi connectivity index (χ2n) is 3.41. The number of hydrogen-bond acceptors (Lipinski definition) is 4. The fourth-order valence-electron chi connectivity index (χ4n) is 1.74. The number of ether oxygens (including phenoxy) is 1. The minimum Gasteiger partial charge on any atom is -0.378 e. The summed E-state index contributed by atoms with van der Waals surface area (Å²) in [5, 5.41) is 0. The van der Waals surface area contributed by atoms with Gasteiger partial charge in [0.2, 0.25) is 6.08 Å². The van der Waals surface area contributed by atoms with E-state index in [0.717, 1.165) is 0 Å². The highest BCUT2D eigenvalue weighted by Crippen LogP contribution is 2.31. The maximum atomic E-state index is 13.7. The lowest BCUT2D eigenvalue weighted by Crippen LogP contribution is -2.36. The van der Waals surface area contributed by atoms with Crippen LogP contribution in [-0.2, 0) is 9.53 Å². The van der Waals surface area contributed by atoms with Gasteiger partial charge in [-0.25, -0.2) is 9.18 Å². The van der Waals surface area contributed by atoms with Gasteiger partial charge in [0.15, 0.2) is 0 Å². The predicted octanol–water partition coefficient (Wildman–Crippen LogP) is 1.63. The van der Waals surface area contributed by atoms with Gasteiger partial charge in [0.05, 0.1) is 13.2 Å². The number of aliphatic imine (C=N–C) groups is 1. The molecule has 0 saturated carbocycles. The van der Waals surface area contributed by atoms with Crippen molar-refractivity contribution in [2.45, 2.75) is 0 Å². The zero-order chi connectivity index (χ0) is 11.4. The summed E-state index contributed by atoms with van der Waals surface area (Å²) in [6, 6.07) is 4.48. The smallest absolute Gasteiger partial charge is 0.240 e. The highest BCUT2D eigenvalue weighted by Gasteiger charge is 2.18. The lowest BCUT2D eigenvalue weighted by molar-refractivity contribution is 0.122. The number of morpholine rings is 1. The van der Waals surface area contributed by atoms with Crippen molar-refractivity contribution in [2.75, 3.05) is 31.2 Å². The Balaban J connectivity index is 2.39.